The largest absolute Gasteiger partial charge is 0.497 e. The van der Waals surface area contributed by atoms with Gasteiger partial charge in [0.25, 0.3) is 0 Å². The van der Waals surface area contributed by atoms with Crippen molar-refractivity contribution < 1.29 is 33.3 Å². The number of rotatable bonds is 7. The van der Waals surface area contributed by atoms with Crippen LogP contribution in [0.15, 0.2) is 58.9 Å². The van der Waals surface area contributed by atoms with Gasteiger partial charge in [0.1, 0.15) is 5.75 Å². The molecule has 8 nitrogen and oxygen atoms in total. The smallest absolute Gasteiger partial charge is 0.336 e. The number of esters is 1. The molecule has 190 valence electrons. The predicted molar refractivity (Wildman–Crippen MR) is 134 cm³/mol. The van der Waals surface area contributed by atoms with Crippen LogP contribution in [-0.2, 0) is 14.3 Å². The first kappa shape index (κ1) is 25.2. The van der Waals surface area contributed by atoms with Crippen LogP contribution in [0.2, 0.25) is 0 Å². The Labute approximate surface area is 210 Å². The molecule has 8 heteroatoms. The van der Waals surface area contributed by atoms with Crippen LogP contribution < -0.4 is 24.3 Å². The maximum Gasteiger partial charge on any atom is 0.336 e. The molecule has 0 amide bonds. The lowest BCUT2D eigenvalue weighted by molar-refractivity contribution is -0.136. The van der Waals surface area contributed by atoms with E-state index in [-0.39, 0.29) is 11.7 Å². The van der Waals surface area contributed by atoms with Crippen molar-refractivity contribution in [3.8, 4) is 23.0 Å². The van der Waals surface area contributed by atoms with E-state index in [0.717, 1.165) is 17.0 Å². The Morgan fingerprint density at radius 3 is 2.03 bits per heavy atom. The van der Waals surface area contributed by atoms with E-state index in [1.165, 1.54) is 28.4 Å². The van der Waals surface area contributed by atoms with Crippen LogP contribution in [0.1, 0.15) is 42.7 Å². The number of Topliss-reactive ketones (excluding diaryl/α,β-unsaturated/α-hetero) is 1. The third-order valence-electron chi connectivity index (χ3n) is 6.84. The fraction of sp³-hybridized carbons (Fsp3) is 0.357. The minimum absolute atomic E-state index is 0.00252. The SMILES string of the molecule is COC(=O)C1=C(C)NC2=C(C(=O)CC(c3ccc(OC)cc3)C2)C1c1cc(OC)c(OC)c(OC)c1. The van der Waals surface area contributed by atoms with Gasteiger partial charge in [-0.15, -0.1) is 0 Å². The van der Waals surface area contributed by atoms with Crippen LogP contribution in [0, 0.1) is 0 Å². The van der Waals surface area contributed by atoms with Gasteiger partial charge in [-0.1, -0.05) is 12.1 Å². The number of hydrogen-bond donors (Lipinski definition) is 1. The molecule has 4 rings (SSSR count). The Bertz CT molecular complexity index is 1220. The van der Waals surface area contributed by atoms with Crippen molar-refractivity contribution in [1.29, 1.82) is 0 Å². The molecule has 1 heterocycles. The van der Waals surface area contributed by atoms with Crippen molar-refractivity contribution in [2.24, 2.45) is 0 Å². The molecule has 0 radical (unpaired) electrons. The van der Waals surface area contributed by atoms with Crippen molar-refractivity contribution >= 4 is 11.8 Å². The van der Waals surface area contributed by atoms with Gasteiger partial charge in [-0.3, -0.25) is 4.79 Å². The normalized spacial score (nSPS) is 19.3. The fourth-order valence-electron chi connectivity index (χ4n) is 5.13. The number of methoxy groups -OCH3 is 5. The molecule has 0 spiro atoms. The van der Waals surface area contributed by atoms with E-state index in [4.69, 9.17) is 23.7 Å². The van der Waals surface area contributed by atoms with Gasteiger partial charge in [0.05, 0.1) is 41.1 Å². The lowest BCUT2D eigenvalue weighted by atomic mass is 9.71. The van der Waals surface area contributed by atoms with E-state index in [2.05, 4.69) is 5.32 Å². The van der Waals surface area contributed by atoms with Gasteiger partial charge in [0.2, 0.25) is 5.75 Å². The van der Waals surface area contributed by atoms with Gasteiger partial charge in [-0.05, 0) is 54.7 Å². The van der Waals surface area contributed by atoms with Gasteiger partial charge in [0, 0.05) is 29.3 Å². The van der Waals surface area contributed by atoms with Crippen molar-refractivity contribution in [2.45, 2.75) is 31.6 Å². The summed E-state index contributed by atoms with van der Waals surface area (Å²) in [6.07, 6.45) is 0.946. The summed E-state index contributed by atoms with van der Waals surface area (Å²) in [6, 6.07) is 11.3. The van der Waals surface area contributed by atoms with Gasteiger partial charge in [-0.2, -0.15) is 0 Å². The maximum atomic E-state index is 13.7. The quantitative estimate of drug-likeness (QED) is 0.572. The zero-order valence-corrected chi connectivity index (χ0v) is 21.4. The van der Waals surface area contributed by atoms with Crippen molar-refractivity contribution in [3.63, 3.8) is 0 Å². The highest BCUT2D eigenvalue weighted by atomic mass is 16.5. The van der Waals surface area contributed by atoms with E-state index >= 15 is 0 Å². The lowest BCUT2D eigenvalue weighted by Crippen LogP contribution is -2.36. The Kier molecular flexibility index (Phi) is 7.24. The molecule has 36 heavy (non-hydrogen) atoms. The summed E-state index contributed by atoms with van der Waals surface area (Å²) >= 11 is 0. The van der Waals surface area contributed by atoms with Crippen molar-refractivity contribution in [1.82, 2.24) is 5.32 Å². The van der Waals surface area contributed by atoms with Gasteiger partial charge >= 0.3 is 5.97 Å². The fourth-order valence-corrected chi connectivity index (χ4v) is 5.13. The molecule has 2 aromatic carbocycles. The standard InChI is InChI=1S/C28H31NO7/c1-15-24(28(31)36-6)25(18-13-22(33-3)27(35-5)23(14-18)34-4)26-20(29-15)11-17(12-21(26)30)16-7-9-19(32-2)10-8-16/h7-10,13-14,17,25,29H,11-12H2,1-6H3. The number of hydrogen-bond acceptors (Lipinski definition) is 8. The number of dihydropyridines is 1. The molecular formula is C28H31NO7. The van der Waals surface area contributed by atoms with Crippen LogP contribution in [0.4, 0.5) is 0 Å². The monoisotopic (exact) mass is 493 g/mol. The molecule has 0 fully saturated rings. The molecule has 0 saturated carbocycles. The average molecular weight is 494 g/mol. The highest BCUT2D eigenvalue weighted by Gasteiger charge is 2.42. The number of carbonyl (C=O) groups excluding carboxylic acids is 2. The molecule has 0 aromatic heterocycles. The average Bonchev–Trinajstić information content (AvgIpc) is 2.90. The first-order valence-electron chi connectivity index (χ1n) is 11.6. The molecule has 0 saturated heterocycles. The highest BCUT2D eigenvalue weighted by Crippen LogP contribution is 2.49. The van der Waals surface area contributed by atoms with Crippen LogP contribution in [0.5, 0.6) is 23.0 Å². The second-order valence-corrected chi connectivity index (χ2v) is 8.74. The molecule has 0 bridgehead atoms. The summed E-state index contributed by atoms with van der Waals surface area (Å²) in [5.74, 6) is 0.895. The Morgan fingerprint density at radius 2 is 1.50 bits per heavy atom. The maximum absolute atomic E-state index is 13.7. The molecular weight excluding hydrogens is 462 g/mol. The van der Waals surface area contributed by atoms with Crippen LogP contribution in [0.3, 0.4) is 0 Å². The van der Waals surface area contributed by atoms with Crippen LogP contribution >= 0.6 is 0 Å². The second kappa shape index (κ2) is 10.4. The van der Waals surface area contributed by atoms with Gasteiger partial charge in [0.15, 0.2) is 17.3 Å². The minimum atomic E-state index is -0.647. The van der Waals surface area contributed by atoms with E-state index in [9.17, 15) is 9.59 Å². The highest BCUT2D eigenvalue weighted by molar-refractivity contribution is 6.04. The molecule has 1 aliphatic heterocycles. The number of ether oxygens (including phenoxy) is 5. The van der Waals surface area contributed by atoms with Crippen molar-refractivity contribution in [2.75, 3.05) is 35.5 Å². The van der Waals surface area contributed by atoms with E-state index < -0.39 is 11.9 Å². The number of nitrogens with one attached hydrogen (secondary N) is 1. The first-order chi connectivity index (χ1) is 17.4. The van der Waals surface area contributed by atoms with E-state index in [1.807, 2.05) is 31.2 Å². The zero-order valence-electron chi connectivity index (χ0n) is 21.4. The summed E-state index contributed by atoms with van der Waals surface area (Å²) in [4.78, 5) is 26.7. The molecule has 2 atom stereocenters. The van der Waals surface area contributed by atoms with Crippen LogP contribution in [0.25, 0.3) is 0 Å². The third-order valence-corrected chi connectivity index (χ3v) is 6.84. The van der Waals surface area contributed by atoms with Crippen LogP contribution in [-0.4, -0.2) is 47.3 Å². The number of carbonyl (C=O) groups is 2. The molecule has 2 aliphatic rings. The number of ketones is 1. The molecule has 2 unspecified atom stereocenters. The summed E-state index contributed by atoms with van der Waals surface area (Å²) < 4.78 is 27.0. The third kappa shape index (κ3) is 4.39. The molecule has 2 aromatic rings. The minimum Gasteiger partial charge on any atom is -0.497 e. The Balaban J connectivity index is 1.85. The number of benzene rings is 2. The Morgan fingerprint density at radius 1 is 0.861 bits per heavy atom. The topological polar surface area (TPSA) is 92.3 Å². The Hall–Kier alpha value is -3.94. The summed E-state index contributed by atoms with van der Waals surface area (Å²) in [5.41, 5.74) is 4.11. The molecule has 1 aliphatic carbocycles. The first-order valence-corrected chi connectivity index (χ1v) is 11.6. The van der Waals surface area contributed by atoms with Gasteiger partial charge < -0.3 is 29.0 Å². The predicted octanol–water partition coefficient (Wildman–Crippen LogP) is 4.26. The summed E-state index contributed by atoms with van der Waals surface area (Å²) in [7, 11) is 7.54. The van der Waals surface area contributed by atoms with E-state index in [1.54, 1.807) is 19.2 Å². The molecule has 1 N–H and O–H groups in total. The summed E-state index contributed by atoms with van der Waals surface area (Å²) in [6.45, 7) is 1.82. The second-order valence-electron chi connectivity index (χ2n) is 8.74. The summed E-state index contributed by atoms with van der Waals surface area (Å²) in [5, 5.41) is 3.34. The zero-order chi connectivity index (χ0) is 26.0. The van der Waals surface area contributed by atoms with E-state index in [0.29, 0.717) is 52.5 Å². The lowest BCUT2D eigenvalue weighted by Gasteiger charge is -2.36. The van der Waals surface area contributed by atoms with Gasteiger partial charge in [-0.25, -0.2) is 4.79 Å². The van der Waals surface area contributed by atoms with Crippen molar-refractivity contribution in [3.05, 3.63) is 70.1 Å². The number of allylic oxidation sites excluding steroid dienone is 3.